The molecule has 1 rings (SSSR count). The van der Waals surface area contributed by atoms with Crippen molar-refractivity contribution in [2.45, 2.75) is 6.10 Å². The number of benzene rings is 1. The average molecular weight is 260 g/mol. The van der Waals surface area contributed by atoms with Gasteiger partial charge in [0.15, 0.2) is 11.6 Å². The Bertz CT molecular complexity index is 445. The Labute approximate surface area is 101 Å². The van der Waals surface area contributed by atoms with E-state index in [1.807, 2.05) is 0 Å². The molecule has 0 amide bonds. The molecule has 0 atom stereocenters. The first-order chi connectivity index (χ1) is 8.49. The maximum Gasteiger partial charge on any atom is 0.359 e. The van der Waals surface area contributed by atoms with E-state index in [1.54, 1.807) is 0 Å². The van der Waals surface area contributed by atoms with Crippen molar-refractivity contribution in [3.05, 3.63) is 29.8 Å². The zero-order valence-electron chi connectivity index (χ0n) is 9.61. The standard InChI is InChI=1S/C11H10F2O5/c1-16-10(14)9(11(15)17-2)18-8-4-3-6(12)5-7(8)13/h3-5,9H,1-2H3. The molecular formula is C11H10F2O5. The van der Waals surface area contributed by atoms with E-state index < -0.39 is 35.4 Å². The van der Waals surface area contributed by atoms with Crippen LogP contribution in [-0.2, 0) is 19.1 Å². The molecule has 1 aromatic rings. The molecule has 0 aliphatic rings. The molecule has 0 aliphatic heterocycles. The van der Waals surface area contributed by atoms with Crippen LogP contribution in [0.3, 0.4) is 0 Å². The van der Waals surface area contributed by atoms with Crippen LogP contribution in [0.15, 0.2) is 18.2 Å². The summed E-state index contributed by atoms with van der Waals surface area (Å²) in [4.78, 5) is 22.5. The van der Waals surface area contributed by atoms with Crippen molar-refractivity contribution < 1.29 is 32.6 Å². The van der Waals surface area contributed by atoms with Crippen molar-refractivity contribution in [2.24, 2.45) is 0 Å². The summed E-state index contributed by atoms with van der Waals surface area (Å²) >= 11 is 0. The zero-order chi connectivity index (χ0) is 13.7. The maximum atomic E-state index is 13.3. The Balaban J connectivity index is 2.96. The van der Waals surface area contributed by atoms with E-state index in [0.29, 0.717) is 6.07 Å². The molecule has 0 saturated heterocycles. The van der Waals surface area contributed by atoms with E-state index in [9.17, 15) is 18.4 Å². The summed E-state index contributed by atoms with van der Waals surface area (Å²) in [6, 6.07) is 2.43. The normalized spacial score (nSPS) is 10.1. The van der Waals surface area contributed by atoms with Crippen molar-refractivity contribution in [1.82, 2.24) is 0 Å². The summed E-state index contributed by atoms with van der Waals surface area (Å²) in [5, 5.41) is 0. The highest BCUT2D eigenvalue weighted by molar-refractivity contribution is 5.98. The Hall–Kier alpha value is -2.18. The molecule has 0 fully saturated rings. The van der Waals surface area contributed by atoms with Crippen LogP contribution in [0.5, 0.6) is 5.75 Å². The topological polar surface area (TPSA) is 61.8 Å². The smallest absolute Gasteiger partial charge is 0.359 e. The van der Waals surface area contributed by atoms with Gasteiger partial charge >= 0.3 is 11.9 Å². The van der Waals surface area contributed by atoms with E-state index in [0.717, 1.165) is 26.4 Å². The lowest BCUT2D eigenvalue weighted by molar-refractivity contribution is -0.163. The van der Waals surface area contributed by atoms with Gasteiger partial charge in [0.25, 0.3) is 6.10 Å². The van der Waals surface area contributed by atoms with Crippen LogP contribution in [-0.4, -0.2) is 32.3 Å². The Kier molecular flexibility index (Phi) is 4.59. The first kappa shape index (κ1) is 13.9. The maximum absolute atomic E-state index is 13.3. The fraction of sp³-hybridized carbons (Fsp3) is 0.273. The summed E-state index contributed by atoms with van der Waals surface area (Å²) in [6.07, 6.45) is -1.76. The lowest BCUT2D eigenvalue weighted by Crippen LogP contribution is -2.37. The Morgan fingerprint density at radius 2 is 1.67 bits per heavy atom. The summed E-state index contributed by atoms with van der Waals surface area (Å²) in [5.74, 6) is -4.42. The van der Waals surface area contributed by atoms with E-state index in [2.05, 4.69) is 9.47 Å². The van der Waals surface area contributed by atoms with Gasteiger partial charge < -0.3 is 14.2 Å². The molecule has 0 bridgehead atoms. The van der Waals surface area contributed by atoms with Crippen molar-refractivity contribution in [2.75, 3.05) is 14.2 Å². The number of ether oxygens (including phenoxy) is 3. The van der Waals surface area contributed by atoms with Crippen LogP contribution in [0.25, 0.3) is 0 Å². The predicted octanol–water partition coefficient (Wildman–Crippen LogP) is 1.06. The van der Waals surface area contributed by atoms with Gasteiger partial charge in [0.05, 0.1) is 14.2 Å². The lowest BCUT2D eigenvalue weighted by Gasteiger charge is -2.14. The van der Waals surface area contributed by atoms with E-state index in [-0.39, 0.29) is 0 Å². The van der Waals surface area contributed by atoms with Gasteiger partial charge in [-0.05, 0) is 12.1 Å². The fourth-order valence-electron chi connectivity index (χ4n) is 1.10. The highest BCUT2D eigenvalue weighted by atomic mass is 19.1. The van der Waals surface area contributed by atoms with E-state index in [4.69, 9.17) is 4.74 Å². The number of carbonyl (C=O) groups is 2. The van der Waals surface area contributed by atoms with Gasteiger partial charge in [-0.25, -0.2) is 18.4 Å². The number of hydrogen-bond acceptors (Lipinski definition) is 5. The van der Waals surface area contributed by atoms with Crippen LogP contribution in [0.4, 0.5) is 8.78 Å². The second kappa shape index (κ2) is 5.95. The van der Waals surface area contributed by atoms with Crippen molar-refractivity contribution in [1.29, 1.82) is 0 Å². The molecule has 0 aromatic heterocycles. The summed E-state index contributed by atoms with van der Waals surface area (Å²) < 4.78 is 39.4. The molecule has 0 N–H and O–H groups in total. The molecule has 0 aliphatic carbocycles. The monoisotopic (exact) mass is 260 g/mol. The van der Waals surface area contributed by atoms with Crippen molar-refractivity contribution >= 4 is 11.9 Å². The molecule has 1 aromatic carbocycles. The number of methoxy groups -OCH3 is 2. The first-order valence-electron chi connectivity index (χ1n) is 4.77. The van der Waals surface area contributed by atoms with E-state index >= 15 is 0 Å². The number of carbonyl (C=O) groups excluding carboxylic acids is 2. The van der Waals surface area contributed by atoms with Crippen LogP contribution in [0.1, 0.15) is 0 Å². The van der Waals surface area contributed by atoms with E-state index in [1.165, 1.54) is 0 Å². The number of rotatable bonds is 4. The van der Waals surface area contributed by atoms with Crippen LogP contribution in [0.2, 0.25) is 0 Å². The third-order valence-electron chi connectivity index (χ3n) is 1.97. The zero-order valence-corrected chi connectivity index (χ0v) is 9.61. The quantitative estimate of drug-likeness (QED) is 0.598. The molecule has 0 saturated carbocycles. The SMILES string of the molecule is COC(=O)C(Oc1ccc(F)cc1F)C(=O)OC. The molecule has 7 heteroatoms. The van der Waals surface area contributed by atoms with Gasteiger partial charge in [0, 0.05) is 6.07 Å². The van der Waals surface area contributed by atoms with Gasteiger partial charge in [0.1, 0.15) is 5.82 Å². The number of esters is 2. The first-order valence-corrected chi connectivity index (χ1v) is 4.77. The largest absolute Gasteiger partial charge is 0.466 e. The summed E-state index contributed by atoms with van der Waals surface area (Å²) in [7, 11) is 2.06. The van der Waals surface area contributed by atoms with Gasteiger partial charge in [-0.3, -0.25) is 0 Å². The van der Waals surface area contributed by atoms with Gasteiger partial charge in [-0.1, -0.05) is 0 Å². The minimum Gasteiger partial charge on any atom is -0.466 e. The molecule has 0 heterocycles. The molecule has 0 radical (unpaired) electrons. The highest BCUT2D eigenvalue weighted by Crippen LogP contribution is 2.19. The van der Waals surface area contributed by atoms with Gasteiger partial charge in [-0.15, -0.1) is 0 Å². The number of halogens is 2. The average Bonchev–Trinajstić information content (AvgIpc) is 2.36. The third-order valence-corrected chi connectivity index (χ3v) is 1.97. The van der Waals surface area contributed by atoms with Crippen molar-refractivity contribution in [3.8, 4) is 5.75 Å². The fourth-order valence-corrected chi connectivity index (χ4v) is 1.10. The summed E-state index contributed by atoms with van der Waals surface area (Å²) in [6.45, 7) is 0. The summed E-state index contributed by atoms with van der Waals surface area (Å²) in [5.41, 5.74) is 0. The molecular weight excluding hydrogens is 250 g/mol. The highest BCUT2D eigenvalue weighted by Gasteiger charge is 2.31. The lowest BCUT2D eigenvalue weighted by atomic mass is 10.3. The van der Waals surface area contributed by atoms with Crippen LogP contribution >= 0.6 is 0 Å². The van der Waals surface area contributed by atoms with Gasteiger partial charge in [0.2, 0.25) is 0 Å². The third kappa shape index (κ3) is 3.16. The molecule has 0 spiro atoms. The van der Waals surface area contributed by atoms with Crippen LogP contribution in [0, 0.1) is 11.6 Å². The van der Waals surface area contributed by atoms with Crippen LogP contribution < -0.4 is 4.74 Å². The molecule has 5 nitrogen and oxygen atoms in total. The minimum atomic E-state index is -1.76. The molecule has 98 valence electrons. The molecule has 18 heavy (non-hydrogen) atoms. The van der Waals surface area contributed by atoms with Crippen molar-refractivity contribution in [3.63, 3.8) is 0 Å². The number of hydrogen-bond donors (Lipinski definition) is 0. The van der Waals surface area contributed by atoms with Gasteiger partial charge in [-0.2, -0.15) is 0 Å². The Morgan fingerprint density at radius 3 is 2.11 bits per heavy atom. The predicted molar refractivity (Wildman–Crippen MR) is 54.8 cm³/mol. The second-order valence-corrected chi connectivity index (χ2v) is 3.12. The second-order valence-electron chi connectivity index (χ2n) is 3.12. The molecule has 0 unspecified atom stereocenters. The minimum absolute atomic E-state index is 0.461. The Morgan fingerprint density at radius 1 is 1.11 bits per heavy atom.